The number of nitrogens with zero attached hydrogens (tertiary/aromatic N) is 3. The predicted octanol–water partition coefficient (Wildman–Crippen LogP) is 2.79. The lowest BCUT2D eigenvalue weighted by molar-refractivity contribution is 0.557. The van der Waals surface area contributed by atoms with Gasteiger partial charge in [-0.3, -0.25) is 0 Å². The van der Waals surface area contributed by atoms with E-state index in [-0.39, 0.29) is 0 Å². The molecule has 4 nitrogen and oxygen atoms in total. The third kappa shape index (κ3) is 2.41. The van der Waals surface area contributed by atoms with E-state index < -0.39 is 0 Å². The summed E-state index contributed by atoms with van der Waals surface area (Å²) in [6.45, 7) is 6.54. The van der Waals surface area contributed by atoms with Crippen molar-refractivity contribution in [1.82, 2.24) is 14.8 Å². The minimum absolute atomic E-state index is 0.416. The summed E-state index contributed by atoms with van der Waals surface area (Å²) in [5.41, 5.74) is 0. The van der Waals surface area contributed by atoms with Gasteiger partial charge >= 0.3 is 0 Å². The van der Waals surface area contributed by atoms with Crippen molar-refractivity contribution in [3.05, 3.63) is 23.8 Å². The van der Waals surface area contributed by atoms with Crippen LogP contribution in [0.1, 0.15) is 20.8 Å². The Hall–Kier alpha value is -1.36. The third-order valence-electron chi connectivity index (χ3n) is 2.58. The van der Waals surface area contributed by atoms with Crippen LogP contribution in [0.4, 0.5) is 5.82 Å². The van der Waals surface area contributed by atoms with E-state index in [1.807, 2.05) is 17.6 Å². The average molecular weight is 236 g/mol. The van der Waals surface area contributed by atoms with E-state index in [0.29, 0.717) is 12.0 Å². The van der Waals surface area contributed by atoms with E-state index >= 15 is 0 Å². The molecule has 0 saturated carbocycles. The first-order valence-corrected chi connectivity index (χ1v) is 6.27. The molecule has 1 unspecified atom stereocenters. The molecular weight excluding hydrogens is 220 g/mol. The molecular formula is C11H16N4S. The zero-order chi connectivity index (χ0) is 11.5. The van der Waals surface area contributed by atoms with Crippen LogP contribution in [0, 0.1) is 5.92 Å². The van der Waals surface area contributed by atoms with Crippen molar-refractivity contribution in [2.75, 3.05) is 5.32 Å². The van der Waals surface area contributed by atoms with Crippen LogP contribution in [0.25, 0.3) is 5.13 Å². The fourth-order valence-electron chi connectivity index (χ4n) is 1.24. The Morgan fingerprint density at radius 1 is 1.38 bits per heavy atom. The normalized spacial score (nSPS) is 13.0. The van der Waals surface area contributed by atoms with Gasteiger partial charge in [0, 0.05) is 29.9 Å². The monoisotopic (exact) mass is 236 g/mol. The van der Waals surface area contributed by atoms with Gasteiger partial charge in [0.05, 0.1) is 0 Å². The SMILES string of the molecule is CC(C)C(C)Nc1ccn(-c2nccs2)n1. The predicted molar refractivity (Wildman–Crippen MR) is 67.2 cm³/mol. The topological polar surface area (TPSA) is 42.7 Å². The molecule has 16 heavy (non-hydrogen) atoms. The molecule has 86 valence electrons. The van der Waals surface area contributed by atoms with E-state index in [2.05, 4.69) is 36.2 Å². The molecule has 2 heterocycles. The summed E-state index contributed by atoms with van der Waals surface area (Å²) in [7, 11) is 0. The molecule has 0 radical (unpaired) electrons. The Labute approximate surface area is 99.3 Å². The van der Waals surface area contributed by atoms with Crippen molar-refractivity contribution in [2.45, 2.75) is 26.8 Å². The fraction of sp³-hybridized carbons (Fsp3) is 0.455. The van der Waals surface area contributed by atoms with Gasteiger partial charge < -0.3 is 5.32 Å². The number of anilines is 1. The summed E-state index contributed by atoms with van der Waals surface area (Å²) < 4.78 is 1.79. The number of rotatable bonds is 4. The standard InChI is InChI=1S/C11H16N4S/c1-8(2)9(3)13-10-4-6-15(14-10)11-12-5-7-16-11/h4-9H,1-3H3,(H,13,14). The lowest BCUT2D eigenvalue weighted by Gasteiger charge is -2.16. The van der Waals surface area contributed by atoms with Crippen molar-refractivity contribution in [3.63, 3.8) is 0 Å². The Bertz CT molecular complexity index is 433. The Morgan fingerprint density at radius 2 is 2.19 bits per heavy atom. The maximum absolute atomic E-state index is 4.43. The lowest BCUT2D eigenvalue weighted by Crippen LogP contribution is -2.21. The molecule has 2 aromatic rings. The van der Waals surface area contributed by atoms with Crippen molar-refractivity contribution in [1.29, 1.82) is 0 Å². The maximum Gasteiger partial charge on any atom is 0.210 e. The van der Waals surface area contributed by atoms with Crippen LogP contribution in [0.3, 0.4) is 0 Å². The summed E-state index contributed by atoms with van der Waals surface area (Å²) in [5.74, 6) is 1.49. The molecule has 0 aromatic carbocycles. The molecule has 1 N–H and O–H groups in total. The van der Waals surface area contributed by atoms with Crippen molar-refractivity contribution in [3.8, 4) is 5.13 Å². The molecule has 0 aliphatic rings. The van der Waals surface area contributed by atoms with Gasteiger partial charge in [-0.25, -0.2) is 9.67 Å². The molecule has 1 atom stereocenters. The maximum atomic E-state index is 4.43. The summed E-state index contributed by atoms with van der Waals surface area (Å²) in [6, 6.07) is 2.39. The highest BCUT2D eigenvalue weighted by atomic mass is 32.1. The number of thiazole rings is 1. The number of hydrogen-bond acceptors (Lipinski definition) is 4. The van der Waals surface area contributed by atoms with Gasteiger partial charge in [0.2, 0.25) is 5.13 Å². The summed E-state index contributed by atoms with van der Waals surface area (Å²) in [4.78, 5) is 4.21. The van der Waals surface area contributed by atoms with Gasteiger partial charge in [0.15, 0.2) is 0 Å². The first kappa shape index (κ1) is 11.1. The zero-order valence-corrected chi connectivity index (χ0v) is 10.5. The highest BCUT2D eigenvalue weighted by Crippen LogP contribution is 2.14. The molecule has 0 spiro atoms. The number of hydrogen-bond donors (Lipinski definition) is 1. The van der Waals surface area contributed by atoms with Crippen molar-refractivity contribution < 1.29 is 0 Å². The van der Waals surface area contributed by atoms with E-state index in [4.69, 9.17) is 0 Å². The van der Waals surface area contributed by atoms with Crippen LogP contribution < -0.4 is 5.32 Å². The fourth-order valence-corrected chi connectivity index (χ4v) is 1.81. The van der Waals surface area contributed by atoms with Crippen LogP contribution >= 0.6 is 11.3 Å². The van der Waals surface area contributed by atoms with E-state index in [9.17, 15) is 0 Å². The zero-order valence-electron chi connectivity index (χ0n) is 9.71. The van der Waals surface area contributed by atoms with E-state index in [0.717, 1.165) is 10.9 Å². The lowest BCUT2D eigenvalue weighted by atomic mass is 10.1. The van der Waals surface area contributed by atoms with E-state index in [1.54, 1.807) is 22.2 Å². The van der Waals surface area contributed by atoms with Crippen molar-refractivity contribution in [2.24, 2.45) is 5.92 Å². The second kappa shape index (κ2) is 4.65. The molecule has 0 amide bonds. The van der Waals surface area contributed by atoms with Gasteiger partial charge in [0.1, 0.15) is 5.82 Å². The largest absolute Gasteiger partial charge is 0.366 e. The highest BCUT2D eigenvalue weighted by molar-refractivity contribution is 7.12. The van der Waals surface area contributed by atoms with Crippen LogP contribution in [-0.2, 0) is 0 Å². The second-order valence-corrected chi connectivity index (χ2v) is 5.01. The van der Waals surface area contributed by atoms with Gasteiger partial charge in [-0.05, 0) is 12.8 Å². The van der Waals surface area contributed by atoms with Crippen LogP contribution in [-0.4, -0.2) is 20.8 Å². The number of aromatic nitrogens is 3. The molecule has 0 saturated heterocycles. The van der Waals surface area contributed by atoms with Gasteiger partial charge in [-0.15, -0.1) is 16.4 Å². The second-order valence-electron chi connectivity index (χ2n) is 4.14. The average Bonchev–Trinajstić information content (AvgIpc) is 2.85. The number of nitrogens with one attached hydrogen (secondary N) is 1. The molecule has 2 aromatic heterocycles. The molecule has 0 fully saturated rings. The van der Waals surface area contributed by atoms with Crippen LogP contribution in [0.15, 0.2) is 23.8 Å². The smallest absolute Gasteiger partial charge is 0.210 e. The highest BCUT2D eigenvalue weighted by Gasteiger charge is 2.09. The first-order chi connectivity index (χ1) is 7.66. The molecule has 0 aliphatic heterocycles. The molecule has 2 rings (SSSR count). The van der Waals surface area contributed by atoms with Crippen molar-refractivity contribution >= 4 is 17.2 Å². The minimum atomic E-state index is 0.416. The third-order valence-corrected chi connectivity index (χ3v) is 3.34. The summed E-state index contributed by atoms with van der Waals surface area (Å²) >= 11 is 1.58. The Balaban J connectivity index is 2.08. The van der Waals surface area contributed by atoms with Crippen LogP contribution in [0.2, 0.25) is 0 Å². The molecule has 5 heteroatoms. The van der Waals surface area contributed by atoms with E-state index in [1.165, 1.54) is 0 Å². The minimum Gasteiger partial charge on any atom is -0.366 e. The van der Waals surface area contributed by atoms with Gasteiger partial charge in [-0.1, -0.05) is 13.8 Å². The molecule has 0 bridgehead atoms. The van der Waals surface area contributed by atoms with Gasteiger partial charge in [0.25, 0.3) is 0 Å². The summed E-state index contributed by atoms with van der Waals surface area (Å²) in [5, 5.41) is 10.6. The Morgan fingerprint density at radius 3 is 2.81 bits per heavy atom. The summed E-state index contributed by atoms with van der Waals surface area (Å²) in [6.07, 6.45) is 3.71. The quantitative estimate of drug-likeness (QED) is 0.887. The molecule has 0 aliphatic carbocycles. The Kier molecular flexibility index (Phi) is 3.24. The van der Waals surface area contributed by atoms with Gasteiger partial charge in [-0.2, -0.15) is 0 Å². The first-order valence-electron chi connectivity index (χ1n) is 5.39. The van der Waals surface area contributed by atoms with Crippen LogP contribution in [0.5, 0.6) is 0 Å².